The molecule has 2 aromatic rings. The summed E-state index contributed by atoms with van der Waals surface area (Å²) in [6.45, 7) is 3.68. The fourth-order valence-electron chi connectivity index (χ4n) is 3.26. The van der Waals surface area contributed by atoms with Gasteiger partial charge in [-0.2, -0.15) is 17.5 Å². The van der Waals surface area contributed by atoms with Gasteiger partial charge < -0.3 is 9.64 Å². The molecule has 164 valence electrons. The molecule has 1 heterocycles. The predicted molar refractivity (Wildman–Crippen MR) is 109 cm³/mol. The van der Waals surface area contributed by atoms with E-state index >= 15 is 0 Å². The highest BCUT2D eigenvalue weighted by Crippen LogP contribution is 2.32. The zero-order valence-corrected chi connectivity index (χ0v) is 17.5. The van der Waals surface area contributed by atoms with Gasteiger partial charge in [-0.25, -0.2) is 8.42 Å². The van der Waals surface area contributed by atoms with Crippen LogP contribution in [0.25, 0.3) is 0 Å². The van der Waals surface area contributed by atoms with Crippen molar-refractivity contribution in [2.75, 3.05) is 37.7 Å². The molecular formula is C21H25F3N2O3S. The number of ether oxygens (including phenoxy) is 1. The molecule has 1 fully saturated rings. The van der Waals surface area contributed by atoms with E-state index in [1.54, 1.807) is 23.1 Å². The monoisotopic (exact) mass is 442 g/mol. The summed E-state index contributed by atoms with van der Waals surface area (Å²) < 4.78 is 71.6. The van der Waals surface area contributed by atoms with Crippen molar-refractivity contribution in [2.24, 2.45) is 0 Å². The molecule has 1 saturated heterocycles. The van der Waals surface area contributed by atoms with E-state index in [0.29, 0.717) is 31.1 Å². The summed E-state index contributed by atoms with van der Waals surface area (Å²) in [6, 6.07) is 11.4. The van der Waals surface area contributed by atoms with Crippen molar-refractivity contribution in [2.45, 2.75) is 30.8 Å². The average Bonchev–Trinajstić information content (AvgIpc) is 2.74. The van der Waals surface area contributed by atoms with Crippen LogP contribution in [0.4, 0.5) is 18.9 Å². The molecule has 0 spiro atoms. The molecule has 5 nitrogen and oxygen atoms in total. The first-order valence-electron chi connectivity index (χ1n) is 9.87. The van der Waals surface area contributed by atoms with E-state index < -0.39 is 21.8 Å². The fraction of sp³-hybridized carbons (Fsp3) is 0.429. The maximum atomic E-state index is 12.9. The van der Waals surface area contributed by atoms with Crippen molar-refractivity contribution < 1.29 is 26.3 Å². The maximum absolute atomic E-state index is 12.9. The van der Waals surface area contributed by atoms with Crippen LogP contribution in [0.5, 0.6) is 5.75 Å². The summed E-state index contributed by atoms with van der Waals surface area (Å²) >= 11 is 0. The minimum Gasteiger partial charge on any atom is -0.494 e. The van der Waals surface area contributed by atoms with Crippen LogP contribution < -0.4 is 9.64 Å². The molecule has 0 N–H and O–H groups in total. The van der Waals surface area contributed by atoms with Gasteiger partial charge in [-0.15, -0.1) is 0 Å². The van der Waals surface area contributed by atoms with Crippen LogP contribution in [0, 0.1) is 0 Å². The number of hydrogen-bond acceptors (Lipinski definition) is 4. The van der Waals surface area contributed by atoms with Gasteiger partial charge in [0.25, 0.3) is 0 Å². The predicted octanol–water partition coefficient (Wildman–Crippen LogP) is 4.40. The molecule has 1 aliphatic heterocycles. The number of alkyl halides is 3. The Hall–Kier alpha value is -2.26. The van der Waals surface area contributed by atoms with Crippen molar-refractivity contribution in [3.63, 3.8) is 0 Å². The zero-order chi connectivity index (χ0) is 21.8. The first kappa shape index (κ1) is 22.4. The molecular weight excluding hydrogens is 417 g/mol. The molecule has 0 atom stereocenters. The molecule has 0 aromatic heterocycles. The van der Waals surface area contributed by atoms with E-state index in [9.17, 15) is 21.6 Å². The van der Waals surface area contributed by atoms with Gasteiger partial charge >= 0.3 is 6.18 Å². The van der Waals surface area contributed by atoms with Crippen LogP contribution in [0.15, 0.2) is 53.4 Å². The van der Waals surface area contributed by atoms with Gasteiger partial charge in [0.15, 0.2) is 0 Å². The van der Waals surface area contributed by atoms with E-state index in [1.165, 1.54) is 22.5 Å². The Morgan fingerprint density at radius 1 is 1.00 bits per heavy atom. The highest BCUT2D eigenvalue weighted by atomic mass is 32.2. The lowest BCUT2D eigenvalue weighted by atomic mass is 10.1. The molecule has 0 radical (unpaired) electrons. The number of sulfonamides is 1. The Bertz CT molecular complexity index is 939. The van der Waals surface area contributed by atoms with Crippen molar-refractivity contribution in [3.05, 3.63) is 54.1 Å². The molecule has 0 aliphatic carbocycles. The summed E-state index contributed by atoms with van der Waals surface area (Å²) in [5.41, 5.74) is -0.272. The van der Waals surface area contributed by atoms with E-state index in [2.05, 4.69) is 6.92 Å². The van der Waals surface area contributed by atoms with Crippen LogP contribution >= 0.6 is 0 Å². The number of rotatable bonds is 7. The minimum absolute atomic E-state index is 0.179. The highest BCUT2D eigenvalue weighted by Gasteiger charge is 2.32. The van der Waals surface area contributed by atoms with Crippen LogP contribution in [-0.4, -0.2) is 45.5 Å². The summed E-state index contributed by atoms with van der Waals surface area (Å²) in [5.74, 6) is 0.622. The number of piperazine rings is 1. The average molecular weight is 443 g/mol. The number of halogens is 3. The van der Waals surface area contributed by atoms with Gasteiger partial charge in [0.2, 0.25) is 10.0 Å². The molecule has 3 rings (SSSR count). The topological polar surface area (TPSA) is 49.9 Å². The van der Waals surface area contributed by atoms with Crippen LogP contribution in [0.1, 0.15) is 25.3 Å². The molecule has 0 unspecified atom stereocenters. The Kier molecular flexibility index (Phi) is 6.92. The molecule has 30 heavy (non-hydrogen) atoms. The van der Waals surface area contributed by atoms with Gasteiger partial charge in [0.1, 0.15) is 5.75 Å². The minimum atomic E-state index is -4.41. The normalized spacial score (nSPS) is 15.9. The van der Waals surface area contributed by atoms with Gasteiger partial charge in [-0.05, 0) is 48.9 Å². The quantitative estimate of drug-likeness (QED) is 0.597. The third kappa shape index (κ3) is 5.26. The Labute approximate surface area is 175 Å². The maximum Gasteiger partial charge on any atom is 0.416 e. The Morgan fingerprint density at radius 3 is 2.27 bits per heavy atom. The third-order valence-electron chi connectivity index (χ3n) is 5.01. The van der Waals surface area contributed by atoms with Crippen molar-refractivity contribution >= 4 is 15.7 Å². The van der Waals surface area contributed by atoms with E-state index in [0.717, 1.165) is 25.0 Å². The number of hydrogen-bond donors (Lipinski definition) is 0. The Morgan fingerprint density at radius 2 is 1.67 bits per heavy atom. The molecule has 0 bridgehead atoms. The number of benzene rings is 2. The first-order chi connectivity index (χ1) is 14.2. The summed E-state index contributed by atoms with van der Waals surface area (Å²) in [7, 11) is -3.67. The SMILES string of the molecule is CCCCOc1ccc(S(=O)(=O)N2CCN(c3cccc(C(F)(F)F)c3)CC2)cc1. The van der Waals surface area contributed by atoms with E-state index in [4.69, 9.17) is 4.74 Å². The largest absolute Gasteiger partial charge is 0.494 e. The van der Waals surface area contributed by atoms with Crippen LogP contribution in [-0.2, 0) is 16.2 Å². The summed E-state index contributed by atoms with van der Waals surface area (Å²) in [6.07, 6.45) is -2.47. The first-order valence-corrected chi connectivity index (χ1v) is 11.3. The van der Waals surface area contributed by atoms with Crippen molar-refractivity contribution in [1.29, 1.82) is 0 Å². The fourth-order valence-corrected chi connectivity index (χ4v) is 4.68. The zero-order valence-electron chi connectivity index (χ0n) is 16.7. The molecule has 9 heteroatoms. The van der Waals surface area contributed by atoms with Crippen molar-refractivity contribution in [1.82, 2.24) is 4.31 Å². The molecule has 2 aromatic carbocycles. The molecule has 0 saturated carbocycles. The van der Waals surface area contributed by atoms with Gasteiger partial charge in [-0.1, -0.05) is 19.4 Å². The second-order valence-electron chi connectivity index (χ2n) is 7.11. The van der Waals surface area contributed by atoms with Gasteiger partial charge in [-0.3, -0.25) is 0 Å². The summed E-state index contributed by atoms with van der Waals surface area (Å²) in [4.78, 5) is 1.95. The molecule has 0 amide bonds. The van der Waals surface area contributed by atoms with E-state index in [1.807, 2.05) is 0 Å². The summed E-state index contributed by atoms with van der Waals surface area (Å²) in [5, 5.41) is 0. The second kappa shape index (κ2) is 9.26. The lowest BCUT2D eigenvalue weighted by Crippen LogP contribution is -2.48. The Balaban J connectivity index is 1.64. The number of nitrogens with zero attached hydrogens (tertiary/aromatic N) is 2. The van der Waals surface area contributed by atoms with Crippen LogP contribution in [0.3, 0.4) is 0 Å². The third-order valence-corrected chi connectivity index (χ3v) is 6.92. The van der Waals surface area contributed by atoms with Gasteiger partial charge in [0, 0.05) is 31.9 Å². The van der Waals surface area contributed by atoms with Gasteiger partial charge in [0.05, 0.1) is 17.1 Å². The number of unbranched alkanes of at least 4 members (excludes halogenated alkanes) is 1. The standard InChI is InChI=1S/C21H25F3N2O3S/c1-2-3-15-29-19-7-9-20(10-8-19)30(27,28)26-13-11-25(12-14-26)18-6-4-5-17(16-18)21(22,23)24/h4-10,16H,2-3,11-15H2,1H3. The smallest absolute Gasteiger partial charge is 0.416 e. The lowest BCUT2D eigenvalue weighted by Gasteiger charge is -2.35. The second-order valence-corrected chi connectivity index (χ2v) is 9.05. The van der Waals surface area contributed by atoms with Crippen LogP contribution in [0.2, 0.25) is 0 Å². The van der Waals surface area contributed by atoms with Crippen molar-refractivity contribution in [3.8, 4) is 5.75 Å². The number of anilines is 1. The molecule has 1 aliphatic rings. The lowest BCUT2D eigenvalue weighted by molar-refractivity contribution is -0.137. The van der Waals surface area contributed by atoms with E-state index in [-0.39, 0.29) is 18.0 Å². The highest BCUT2D eigenvalue weighted by molar-refractivity contribution is 7.89.